The SMILES string of the molecule is COc1cccc2c(Br)c(CNC3CC3)n(C)c12. The lowest BCUT2D eigenvalue weighted by molar-refractivity contribution is 0.417. The molecule has 1 aliphatic carbocycles. The number of fused-ring (bicyclic) bond motifs is 1. The predicted octanol–water partition coefficient (Wildman–Crippen LogP) is 3.20. The molecule has 18 heavy (non-hydrogen) atoms. The minimum Gasteiger partial charge on any atom is -0.495 e. The number of aryl methyl sites for hydroxylation is 1. The lowest BCUT2D eigenvalue weighted by Crippen LogP contribution is -2.17. The van der Waals surface area contributed by atoms with Crippen molar-refractivity contribution in [2.75, 3.05) is 7.11 Å². The first-order chi connectivity index (χ1) is 8.72. The van der Waals surface area contributed by atoms with Gasteiger partial charge in [-0.25, -0.2) is 0 Å². The van der Waals surface area contributed by atoms with Crippen molar-refractivity contribution in [1.82, 2.24) is 9.88 Å². The van der Waals surface area contributed by atoms with E-state index in [4.69, 9.17) is 4.74 Å². The quantitative estimate of drug-likeness (QED) is 0.938. The van der Waals surface area contributed by atoms with Crippen molar-refractivity contribution in [1.29, 1.82) is 0 Å². The Morgan fingerprint density at radius 2 is 2.22 bits per heavy atom. The number of benzene rings is 1. The van der Waals surface area contributed by atoms with Crippen LogP contribution in [-0.4, -0.2) is 17.7 Å². The number of halogens is 1. The van der Waals surface area contributed by atoms with Gasteiger partial charge in [-0.2, -0.15) is 0 Å². The van der Waals surface area contributed by atoms with Crippen molar-refractivity contribution >= 4 is 26.8 Å². The fourth-order valence-corrected chi connectivity index (χ4v) is 3.10. The number of aromatic nitrogens is 1. The van der Waals surface area contributed by atoms with Gasteiger partial charge in [0.05, 0.1) is 12.6 Å². The highest BCUT2D eigenvalue weighted by molar-refractivity contribution is 9.10. The summed E-state index contributed by atoms with van der Waals surface area (Å²) in [7, 11) is 3.82. The summed E-state index contributed by atoms with van der Waals surface area (Å²) >= 11 is 3.72. The largest absolute Gasteiger partial charge is 0.495 e. The smallest absolute Gasteiger partial charge is 0.143 e. The van der Waals surface area contributed by atoms with Crippen LogP contribution in [0.3, 0.4) is 0 Å². The highest BCUT2D eigenvalue weighted by Gasteiger charge is 2.22. The third-order valence-corrected chi connectivity index (χ3v) is 4.47. The average molecular weight is 309 g/mol. The normalized spacial score (nSPS) is 15.3. The van der Waals surface area contributed by atoms with Gasteiger partial charge in [0.15, 0.2) is 0 Å². The van der Waals surface area contributed by atoms with Crippen LogP contribution in [0.15, 0.2) is 22.7 Å². The molecule has 1 aliphatic rings. The van der Waals surface area contributed by atoms with Crippen molar-refractivity contribution in [2.24, 2.45) is 7.05 Å². The van der Waals surface area contributed by atoms with Crippen molar-refractivity contribution in [3.8, 4) is 5.75 Å². The zero-order chi connectivity index (χ0) is 12.7. The van der Waals surface area contributed by atoms with Gasteiger partial charge >= 0.3 is 0 Å². The van der Waals surface area contributed by atoms with Gasteiger partial charge in [0.2, 0.25) is 0 Å². The van der Waals surface area contributed by atoms with Gasteiger partial charge < -0.3 is 14.6 Å². The molecule has 0 amide bonds. The predicted molar refractivity (Wildman–Crippen MR) is 77.0 cm³/mol. The van der Waals surface area contributed by atoms with Gasteiger partial charge in [-0.15, -0.1) is 0 Å². The molecule has 4 heteroatoms. The van der Waals surface area contributed by atoms with E-state index in [2.05, 4.69) is 38.9 Å². The molecule has 3 rings (SSSR count). The first-order valence-corrected chi connectivity index (χ1v) is 7.05. The highest BCUT2D eigenvalue weighted by Crippen LogP contribution is 2.35. The maximum absolute atomic E-state index is 5.45. The molecule has 0 saturated heterocycles. The first-order valence-electron chi connectivity index (χ1n) is 6.25. The lowest BCUT2D eigenvalue weighted by atomic mass is 10.2. The van der Waals surface area contributed by atoms with Crippen LogP contribution >= 0.6 is 15.9 Å². The molecular weight excluding hydrogens is 292 g/mol. The molecule has 1 N–H and O–H groups in total. The van der Waals surface area contributed by atoms with E-state index in [0.29, 0.717) is 0 Å². The molecule has 0 atom stereocenters. The third kappa shape index (κ3) is 1.93. The van der Waals surface area contributed by atoms with Crippen LogP contribution in [0.1, 0.15) is 18.5 Å². The summed E-state index contributed by atoms with van der Waals surface area (Å²) in [6.45, 7) is 0.902. The van der Waals surface area contributed by atoms with Gasteiger partial charge in [-0.3, -0.25) is 0 Å². The van der Waals surface area contributed by atoms with Crippen molar-refractivity contribution in [3.63, 3.8) is 0 Å². The molecule has 1 fully saturated rings. The van der Waals surface area contributed by atoms with E-state index < -0.39 is 0 Å². The van der Waals surface area contributed by atoms with Gasteiger partial charge in [0.1, 0.15) is 5.75 Å². The molecule has 0 spiro atoms. The topological polar surface area (TPSA) is 26.2 Å². The molecule has 0 unspecified atom stereocenters. The molecule has 1 saturated carbocycles. The zero-order valence-electron chi connectivity index (χ0n) is 10.7. The minimum absolute atomic E-state index is 0.719. The molecule has 1 aromatic heterocycles. The number of hydrogen-bond acceptors (Lipinski definition) is 2. The van der Waals surface area contributed by atoms with E-state index in [-0.39, 0.29) is 0 Å². The van der Waals surface area contributed by atoms with Gasteiger partial charge in [-0.05, 0) is 34.8 Å². The Kier molecular flexibility index (Phi) is 3.08. The van der Waals surface area contributed by atoms with Crippen molar-refractivity contribution in [2.45, 2.75) is 25.4 Å². The van der Waals surface area contributed by atoms with Gasteiger partial charge in [0.25, 0.3) is 0 Å². The number of ether oxygens (including phenoxy) is 1. The lowest BCUT2D eigenvalue weighted by Gasteiger charge is -2.08. The molecule has 96 valence electrons. The van der Waals surface area contributed by atoms with E-state index in [1.807, 2.05) is 12.1 Å². The number of rotatable bonds is 4. The Balaban J connectivity index is 2.07. The Hall–Kier alpha value is -1.00. The third-order valence-electron chi connectivity index (χ3n) is 3.58. The average Bonchev–Trinajstić information content (AvgIpc) is 3.17. The van der Waals surface area contributed by atoms with Gasteiger partial charge in [0, 0.05) is 35.2 Å². The molecule has 2 aromatic rings. The maximum atomic E-state index is 5.45. The number of nitrogens with zero attached hydrogens (tertiary/aromatic N) is 1. The molecule has 3 nitrogen and oxygen atoms in total. The maximum Gasteiger partial charge on any atom is 0.143 e. The number of para-hydroxylation sites is 1. The van der Waals surface area contributed by atoms with Gasteiger partial charge in [-0.1, -0.05) is 12.1 Å². The second-order valence-corrected chi connectivity index (χ2v) is 5.62. The summed E-state index contributed by atoms with van der Waals surface area (Å²) in [5.41, 5.74) is 2.43. The fraction of sp³-hybridized carbons (Fsp3) is 0.429. The minimum atomic E-state index is 0.719. The Bertz CT molecular complexity index is 587. The fourth-order valence-electron chi connectivity index (χ4n) is 2.37. The van der Waals surface area contributed by atoms with Crippen LogP contribution in [0, 0.1) is 0 Å². The second-order valence-electron chi connectivity index (χ2n) is 4.83. The van der Waals surface area contributed by atoms with Crippen LogP contribution in [0.5, 0.6) is 5.75 Å². The molecule has 1 aromatic carbocycles. The molecule has 0 bridgehead atoms. The number of methoxy groups -OCH3 is 1. The molecule has 1 heterocycles. The van der Waals surface area contributed by atoms with E-state index in [0.717, 1.165) is 23.9 Å². The Morgan fingerprint density at radius 3 is 2.89 bits per heavy atom. The van der Waals surface area contributed by atoms with E-state index in [1.54, 1.807) is 7.11 Å². The van der Waals surface area contributed by atoms with E-state index in [1.165, 1.54) is 28.4 Å². The van der Waals surface area contributed by atoms with Crippen LogP contribution in [0.25, 0.3) is 10.9 Å². The van der Waals surface area contributed by atoms with Crippen LogP contribution in [0.2, 0.25) is 0 Å². The molecule has 0 aliphatic heterocycles. The van der Waals surface area contributed by atoms with E-state index in [9.17, 15) is 0 Å². The van der Waals surface area contributed by atoms with Crippen molar-refractivity contribution in [3.05, 3.63) is 28.4 Å². The Labute approximate surface area is 115 Å². The molecular formula is C14H17BrN2O. The highest BCUT2D eigenvalue weighted by atomic mass is 79.9. The van der Waals surface area contributed by atoms with Crippen LogP contribution in [0.4, 0.5) is 0 Å². The first kappa shape index (κ1) is 12.1. The summed E-state index contributed by atoms with van der Waals surface area (Å²) in [4.78, 5) is 0. The second kappa shape index (κ2) is 4.59. The number of hydrogen-bond donors (Lipinski definition) is 1. The number of nitrogens with one attached hydrogen (secondary N) is 1. The summed E-state index contributed by atoms with van der Waals surface area (Å²) in [5, 5.41) is 4.77. The van der Waals surface area contributed by atoms with Crippen LogP contribution in [-0.2, 0) is 13.6 Å². The van der Waals surface area contributed by atoms with Crippen LogP contribution < -0.4 is 10.1 Å². The molecule has 0 radical (unpaired) electrons. The summed E-state index contributed by atoms with van der Waals surface area (Å²) in [6, 6.07) is 6.89. The zero-order valence-corrected chi connectivity index (χ0v) is 12.3. The van der Waals surface area contributed by atoms with Crippen molar-refractivity contribution < 1.29 is 4.74 Å². The van der Waals surface area contributed by atoms with E-state index >= 15 is 0 Å². The summed E-state index contributed by atoms with van der Waals surface area (Å²) in [6.07, 6.45) is 2.62. The Morgan fingerprint density at radius 1 is 1.44 bits per heavy atom. The standard InChI is InChI=1S/C14H17BrN2O/c1-17-11(8-16-9-6-7-9)13(15)10-4-3-5-12(18-2)14(10)17/h3-5,9,16H,6-8H2,1-2H3. The summed E-state index contributed by atoms with van der Waals surface area (Å²) < 4.78 is 8.84. The monoisotopic (exact) mass is 308 g/mol. The summed E-state index contributed by atoms with van der Waals surface area (Å²) in [5.74, 6) is 0.924.